The van der Waals surface area contributed by atoms with Crippen LogP contribution < -0.4 is 21.3 Å². The maximum atomic E-state index is 12.9. The van der Waals surface area contributed by atoms with Crippen molar-refractivity contribution in [1.82, 2.24) is 31.2 Å². The number of aliphatic carboxylic acids is 3. The molecule has 1 aromatic heterocycles. The van der Waals surface area contributed by atoms with Gasteiger partial charge >= 0.3 is 17.9 Å². The maximum absolute atomic E-state index is 12.9. The van der Waals surface area contributed by atoms with E-state index in [-0.39, 0.29) is 6.42 Å². The van der Waals surface area contributed by atoms with E-state index in [0.717, 1.165) is 6.42 Å². The number of hydrogen-bond acceptors (Lipinski definition) is 8. The maximum Gasteiger partial charge on any atom is 0.326 e. The Morgan fingerprint density at radius 2 is 1.56 bits per heavy atom. The highest BCUT2D eigenvalue weighted by Gasteiger charge is 2.33. The summed E-state index contributed by atoms with van der Waals surface area (Å²) in [5.74, 6) is -7.18. The smallest absolute Gasteiger partial charge is 0.326 e. The van der Waals surface area contributed by atoms with Crippen LogP contribution >= 0.6 is 0 Å². The number of aromatic nitrogens is 2. The molecule has 0 spiro atoms. The molecule has 1 aliphatic rings. The van der Waals surface area contributed by atoms with Gasteiger partial charge in [0.05, 0.1) is 25.2 Å². The number of nitrogens with zero attached hydrogens (tertiary/aromatic N) is 1. The topological polar surface area (TPSA) is 240 Å². The minimum atomic E-state index is -1.84. The van der Waals surface area contributed by atoms with Crippen LogP contribution in [0.15, 0.2) is 12.5 Å². The first kappa shape index (κ1) is 26.2. The summed E-state index contributed by atoms with van der Waals surface area (Å²) in [4.78, 5) is 77.9. The summed E-state index contributed by atoms with van der Waals surface area (Å²) in [6.45, 7) is 0.636. The molecule has 15 heteroatoms. The molecule has 0 aliphatic carbocycles. The van der Waals surface area contributed by atoms with E-state index in [1.54, 1.807) is 0 Å². The summed E-state index contributed by atoms with van der Waals surface area (Å²) in [5.41, 5.74) is 0.478. The monoisotopic (exact) mass is 482 g/mol. The molecule has 0 saturated carbocycles. The van der Waals surface area contributed by atoms with Gasteiger partial charge in [-0.2, -0.15) is 0 Å². The van der Waals surface area contributed by atoms with E-state index in [1.807, 2.05) is 5.32 Å². The number of imidazole rings is 1. The van der Waals surface area contributed by atoms with Gasteiger partial charge in [-0.15, -0.1) is 0 Å². The van der Waals surface area contributed by atoms with Gasteiger partial charge in [-0.05, 0) is 19.4 Å². The van der Waals surface area contributed by atoms with E-state index in [4.69, 9.17) is 15.3 Å². The van der Waals surface area contributed by atoms with Crippen LogP contribution in [0.3, 0.4) is 0 Å². The molecular weight excluding hydrogens is 456 g/mol. The van der Waals surface area contributed by atoms with E-state index >= 15 is 0 Å². The van der Waals surface area contributed by atoms with Crippen LogP contribution in [-0.2, 0) is 35.2 Å². The largest absolute Gasteiger partial charge is 0.481 e. The van der Waals surface area contributed by atoms with Crippen molar-refractivity contribution in [3.8, 4) is 0 Å². The Morgan fingerprint density at radius 1 is 0.941 bits per heavy atom. The van der Waals surface area contributed by atoms with Crippen LogP contribution in [0.25, 0.3) is 0 Å². The van der Waals surface area contributed by atoms with E-state index in [0.29, 0.717) is 18.7 Å². The first-order valence-electron chi connectivity index (χ1n) is 10.3. The van der Waals surface area contributed by atoms with Gasteiger partial charge in [-0.25, -0.2) is 9.78 Å². The van der Waals surface area contributed by atoms with E-state index in [2.05, 4.69) is 25.9 Å². The predicted octanol–water partition coefficient (Wildman–Crippen LogP) is -2.81. The second-order valence-electron chi connectivity index (χ2n) is 7.65. The molecular formula is C19H26N6O9. The van der Waals surface area contributed by atoms with Crippen molar-refractivity contribution in [2.24, 2.45) is 0 Å². The van der Waals surface area contributed by atoms with Crippen molar-refractivity contribution in [2.45, 2.75) is 56.3 Å². The molecule has 1 aromatic rings. The second kappa shape index (κ2) is 12.3. The zero-order valence-corrected chi connectivity index (χ0v) is 17.9. The van der Waals surface area contributed by atoms with Crippen LogP contribution in [-0.4, -0.2) is 91.6 Å². The van der Waals surface area contributed by atoms with Gasteiger partial charge in [0.2, 0.25) is 17.7 Å². The molecule has 34 heavy (non-hydrogen) atoms. The van der Waals surface area contributed by atoms with E-state index in [1.165, 1.54) is 12.5 Å². The number of H-pyrrole nitrogens is 1. The van der Waals surface area contributed by atoms with Crippen molar-refractivity contribution in [1.29, 1.82) is 0 Å². The zero-order valence-electron chi connectivity index (χ0n) is 17.9. The Bertz CT molecular complexity index is 913. The Balaban J connectivity index is 2.16. The summed E-state index contributed by atoms with van der Waals surface area (Å²) in [7, 11) is 0. The average Bonchev–Trinajstić information content (AvgIpc) is 3.45. The van der Waals surface area contributed by atoms with Gasteiger partial charge in [-0.1, -0.05) is 0 Å². The molecule has 0 aromatic carbocycles. The van der Waals surface area contributed by atoms with Gasteiger partial charge in [0.25, 0.3) is 0 Å². The van der Waals surface area contributed by atoms with Gasteiger partial charge < -0.3 is 41.6 Å². The molecule has 3 amide bonds. The fourth-order valence-corrected chi connectivity index (χ4v) is 3.31. The highest BCUT2D eigenvalue weighted by atomic mass is 16.4. The molecule has 4 atom stereocenters. The minimum Gasteiger partial charge on any atom is -0.481 e. The molecule has 4 unspecified atom stereocenters. The number of carboxylic acids is 3. The molecule has 1 fully saturated rings. The molecule has 1 saturated heterocycles. The molecule has 2 heterocycles. The van der Waals surface area contributed by atoms with E-state index in [9.17, 15) is 28.8 Å². The Morgan fingerprint density at radius 3 is 2.09 bits per heavy atom. The normalized spacial score (nSPS) is 17.7. The van der Waals surface area contributed by atoms with Gasteiger partial charge in [-0.3, -0.25) is 24.0 Å². The third kappa shape index (κ3) is 8.16. The quantitative estimate of drug-likeness (QED) is 0.143. The Labute approximate surface area is 192 Å². The molecule has 2 rings (SSSR count). The fraction of sp³-hybridized carbons (Fsp3) is 0.526. The summed E-state index contributed by atoms with van der Waals surface area (Å²) < 4.78 is 0. The van der Waals surface area contributed by atoms with Crippen molar-refractivity contribution < 1.29 is 44.1 Å². The lowest BCUT2D eigenvalue weighted by molar-refractivity contribution is -0.148. The lowest BCUT2D eigenvalue weighted by Gasteiger charge is -2.24. The van der Waals surface area contributed by atoms with Crippen LogP contribution in [0.4, 0.5) is 0 Å². The number of carbonyl (C=O) groups is 6. The first-order valence-corrected chi connectivity index (χ1v) is 10.3. The van der Waals surface area contributed by atoms with Gasteiger partial charge in [0, 0.05) is 18.3 Å². The lowest BCUT2D eigenvalue weighted by atomic mass is 10.1. The van der Waals surface area contributed by atoms with Crippen molar-refractivity contribution in [3.63, 3.8) is 0 Å². The number of hydrogen-bond donors (Lipinski definition) is 8. The van der Waals surface area contributed by atoms with Crippen LogP contribution in [0, 0.1) is 0 Å². The van der Waals surface area contributed by atoms with Crippen molar-refractivity contribution >= 4 is 35.6 Å². The van der Waals surface area contributed by atoms with Crippen LogP contribution in [0.2, 0.25) is 0 Å². The average molecular weight is 482 g/mol. The van der Waals surface area contributed by atoms with Crippen molar-refractivity contribution in [3.05, 3.63) is 18.2 Å². The standard InChI is InChI=1S/C19H26N6O9/c26-14(27)5-12(18(32)25-13(19(33)34)6-15(28)29)24-17(31)11(4-9-7-20-8-22-9)23-16(30)10-2-1-3-21-10/h7-8,10-13,21H,1-6H2,(H,20,22)(H,23,30)(H,24,31)(H,25,32)(H,26,27)(H,28,29)(H,33,34). The molecule has 0 bridgehead atoms. The van der Waals surface area contributed by atoms with Crippen molar-refractivity contribution in [2.75, 3.05) is 6.54 Å². The van der Waals surface area contributed by atoms with Crippen LogP contribution in [0.1, 0.15) is 31.4 Å². The highest BCUT2D eigenvalue weighted by molar-refractivity contribution is 5.96. The molecule has 0 radical (unpaired) electrons. The van der Waals surface area contributed by atoms with Gasteiger partial charge in [0.1, 0.15) is 18.1 Å². The minimum absolute atomic E-state index is 0.0531. The fourth-order valence-electron chi connectivity index (χ4n) is 3.31. The van der Waals surface area contributed by atoms with Crippen LogP contribution in [0.5, 0.6) is 0 Å². The summed E-state index contributed by atoms with van der Waals surface area (Å²) in [6.07, 6.45) is 2.20. The number of amides is 3. The number of aromatic amines is 1. The molecule has 15 nitrogen and oxygen atoms in total. The number of nitrogens with one attached hydrogen (secondary N) is 5. The third-order valence-electron chi connectivity index (χ3n) is 4.99. The predicted molar refractivity (Wildman–Crippen MR) is 111 cm³/mol. The number of carboxylic acid groups (broad SMARTS) is 3. The SMILES string of the molecule is O=C(O)CC(NC(=O)C(CC(=O)O)NC(=O)C(Cc1cnc[nH]1)NC(=O)C1CCCN1)C(=O)O. The Kier molecular flexibility index (Phi) is 9.49. The first-order chi connectivity index (χ1) is 16.1. The summed E-state index contributed by atoms with van der Waals surface area (Å²) in [5, 5.41) is 36.7. The lowest BCUT2D eigenvalue weighted by Crippen LogP contribution is -2.58. The summed E-state index contributed by atoms with van der Waals surface area (Å²) >= 11 is 0. The highest BCUT2D eigenvalue weighted by Crippen LogP contribution is 2.07. The molecule has 1 aliphatic heterocycles. The third-order valence-corrected chi connectivity index (χ3v) is 4.99. The number of rotatable bonds is 13. The second-order valence-corrected chi connectivity index (χ2v) is 7.65. The number of carbonyl (C=O) groups excluding carboxylic acids is 3. The summed E-state index contributed by atoms with van der Waals surface area (Å²) in [6, 6.07) is -5.30. The van der Waals surface area contributed by atoms with Gasteiger partial charge in [0.15, 0.2) is 0 Å². The molecule has 186 valence electrons. The molecule has 8 N–H and O–H groups in total. The van der Waals surface area contributed by atoms with E-state index < -0.39 is 72.6 Å². The zero-order chi connectivity index (χ0) is 25.3. The Hall–Kier alpha value is -4.01.